The van der Waals surface area contributed by atoms with Gasteiger partial charge in [-0.2, -0.15) is 10.4 Å². The number of hydrogen-bond donors (Lipinski definition) is 2. The lowest BCUT2D eigenvalue weighted by atomic mass is 10.1. The SMILES string of the molecule is COc1cccc(CN2C[C@H]3C[C@@H]2CN3Cc2cccc3[nH]c(-c4n[nH]c5cc(C#N)ccc45)cc23)c1. The van der Waals surface area contributed by atoms with E-state index in [0.717, 1.165) is 59.7 Å². The summed E-state index contributed by atoms with van der Waals surface area (Å²) in [6.07, 6.45) is 1.24. The van der Waals surface area contributed by atoms with Gasteiger partial charge in [0.15, 0.2) is 0 Å². The van der Waals surface area contributed by atoms with Crippen LogP contribution in [0.15, 0.2) is 66.7 Å². The summed E-state index contributed by atoms with van der Waals surface area (Å²) >= 11 is 0. The lowest BCUT2D eigenvalue weighted by molar-refractivity contribution is 0.118. The highest BCUT2D eigenvalue weighted by Crippen LogP contribution is 2.35. The van der Waals surface area contributed by atoms with E-state index >= 15 is 0 Å². The third-order valence-electron chi connectivity index (χ3n) is 8.06. The van der Waals surface area contributed by atoms with Gasteiger partial charge >= 0.3 is 0 Å². The number of ether oxygens (including phenoxy) is 1. The first-order valence-electron chi connectivity index (χ1n) is 12.8. The van der Waals surface area contributed by atoms with Crippen molar-refractivity contribution in [3.63, 3.8) is 0 Å². The van der Waals surface area contributed by atoms with Crippen LogP contribution in [0.1, 0.15) is 23.1 Å². The highest BCUT2D eigenvalue weighted by Gasteiger charge is 2.42. The number of nitrogens with one attached hydrogen (secondary N) is 2. The fraction of sp³-hybridized carbons (Fsp3) is 0.267. The first kappa shape index (κ1) is 22.1. The molecule has 4 heterocycles. The van der Waals surface area contributed by atoms with Gasteiger partial charge in [-0.15, -0.1) is 0 Å². The molecule has 7 heteroatoms. The molecule has 3 aromatic carbocycles. The Labute approximate surface area is 215 Å². The Kier molecular flexibility index (Phi) is 5.24. The lowest BCUT2D eigenvalue weighted by Gasteiger charge is -2.34. The van der Waals surface area contributed by atoms with Crippen LogP contribution in [0.2, 0.25) is 0 Å². The fourth-order valence-corrected chi connectivity index (χ4v) is 6.22. The summed E-state index contributed by atoms with van der Waals surface area (Å²) in [6, 6.07) is 26.2. The van der Waals surface area contributed by atoms with Gasteiger partial charge in [-0.3, -0.25) is 14.9 Å². The maximum absolute atomic E-state index is 9.20. The quantitative estimate of drug-likeness (QED) is 0.349. The molecule has 2 aliphatic rings. The van der Waals surface area contributed by atoms with E-state index in [1.165, 1.54) is 22.9 Å². The summed E-state index contributed by atoms with van der Waals surface area (Å²) in [4.78, 5) is 8.86. The number of H-pyrrole nitrogens is 2. The molecule has 7 nitrogen and oxygen atoms in total. The van der Waals surface area contributed by atoms with E-state index in [1.54, 1.807) is 7.11 Å². The van der Waals surface area contributed by atoms with Crippen LogP contribution in [0.5, 0.6) is 5.75 Å². The van der Waals surface area contributed by atoms with Gasteiger partial charge in [0.05, 0.1) is 30.0 Å². The summed E-state index contributed by atoms with van der Waals surface area (Å²) in [5.41, 5.74) is 7.17. The number of aromatic amines is 2. The minimum atomic E-state index is 0.592. The summed E-state index contributed by atoms with van der Waals surface area (Å²) in [6.45, 7) is 4.15. The van der Waals surface area contributed by atoms with Crippen LogP contribution in [0, 0.1) is 11.3 Å². The van der Waals surface area contributed by atoms with Crippen molar-refractivity contribution < 1.29 is 4.74 Å². The number of likely N-dealkylation sites (tertiary alicyclic amines) is 2. The maximum Gasteiger partial charge on any atom is 0.119 e. The third kappa shape index (κ3) is 3.86. The molecule has 2 aliphatic heterocycles. The molecule has 0 radical (unpaired) electrons. The zero-order chi connectivity index (χ0) is 24.9. The second-order valence-corrected chi connectivity index (χ2v) is 10.3. The number of piperazine rings is 1. The number of nitrogens with zero attached hydrogens (tertiary/aromatic N) is 4. The highest BCUT2D eigenvalue weighted by atomic mass is 16.5. The van der Waals surface area contributed by atoms with Crippen LogP contribution in [0.25, 0.3) is 33.2 Å². The van der Waals surface area contributed by atoms with E-state index in [-0.39, 0.29) is 0 Å². The molecule has 0 unspecified atom stereocenters. The van der Waals surface area contributed by atoms with E-state index in [9.17, 15) is 5.26 Å². The highest BCUT2D eigenvalue weighted by molar-refractivity contribution is 5.96. The molecule has 0 aliphatic carbocycles. The van der Waals surface area contributed by atoms with Crippen LogP contribution in [0.4, 0.5) is 0 Å². The second kappa shape index (κ2) is 8.77. The molecule has 7 rings (SSSR count). The molecule has 2 saturated heterocycles. The summed E-state index contributed by atoms with van der Waals surface area (Å²) in [5.74, 6) is 0.928. The van der Waals surface area contributed by atoms with Crippen molar-refractivity contribution >= 4 is 21.8 Å². The minimum Gasteiger partial charge on any atom is -0.497 e. The van der Waals surface area contributed by atoms with Gasteiger partial charge in [-0.1, -0.05) is 24.3 Å². The largest absolute Gasteiger partial charge is 0.497 e. The molecule has 0 amide bonds. The Balaban J connectivity index is 1.10. The van der Waals surface area contributed by atoms with E-state index in [0.29, 0.717) is 17.6 Å². The molecular weight excluding hydrogens is 460 g/mol. The molecule has 2 N–H and O–H groups in total. The van der Waals surface area contributed by atoms with Gasteiger partial charge in [0, 0.05) is 54.6 Å². The van der Waals surface area contributed by atoms with E-state index in [1.807, 2.05) is 24.3 Å². The number of rotatable bonds is 6. The van der Waals surface area contributed by atoms with Crippen LogP contribution >= 0.6 is 0 Å². The smallest absolute Gasteiger partial charge is 0.119 e. The Hall–Kier alpha value is -4.12. The van der Waals surface area contributed by atoms with Gasteiger partial charge < -0.3 is 9.72 Å². The summed E-state index contributed by atoms with van der Waals surface area (Å²) < 4.78 is 5.41. The molecule has 5 aromatic rings. The second-order valence-electron chi connectivity index (χ2n) is 10.3. The summed E-state index contributed by atoms with van der Waals surface area (Å²) in [5, 5.41) is 19.1. The first-order valence-corrected chi connectivity index (χ1v) is 12.8. The van der Waals surface area contributed by atoms with Crippen LogP contribution in [-0.2, 0) is 13.1 Å². The number of hydrogen-bond acceptors (Lipinski definition) is 5. The van der Waals surface area contributed by atoms with Crippen molar-refractivity contribution in [2.45, 2.75) is 31.6 Å². The predicted molar refractivity (Wildman–Crippen MR) is 144 cm³/mol. The van der Waals surface area contributed by atoms with Crippen molar-refractivity contribution in [1.82, 2.24) is 25.0 Å². The zero-order valence-corrected chi connectivity index (χ0v) is 20.7. The summed E-state index contributed by atoms with van der Waals surface area (Å²) in [7, 11) is 1.73. The molecule has 184 valence electrons. The predicted octanol–water partition coefficient (Wildman–Crippen LogP) is 5.05. The fourth-order valence-electron chi connectivity index (χ4n) is 6.22. The van der Waals surface area contributed by atoms with Crippen molar-refractivity contribution in [2.75, 3.05) is 20.2 Å². The maximum atomic E-state index is 9.20. The average Bonchev–Trinajstić information content (AvgIpc) is 3.71. The van der Waals surface area contributed by atoms with Crippen molar-refractivity contribution in [2.24, 2.45) is 0 Å². The molecule has 0 saturated carbocycles. The van der Waals surface area contributed by atoms with Crippen LogP contribution in [-0.4, -0.2) is 57.3 Å². The molecule has 0 spiro atoms. The third-order valence-corrected chi connectivity index (χ3v) is 8.06. The zero-order valence-electron chi connectivity index (χ0n) is 20.7. The monoisotopic (exact) mass is 488 g/mol. The Morgan fingerprint density at radius 2 is 1.78 bits per heavy atom. The standard InChI is InChI=1S/C30H28N6O/c1-37-24-6-2-4-20(10-24)15-35-17-23-12-22(35)18-36(23)16-21-5-3-7-27-26(21)13-29(32-27)30-25-9-8-19(14-31)11-28(25)33-34-30/h2-11,13,22-23,32H,12,15-18H2,1H3,(H,33,34)/t22-,23-/m1/s1. The van der Waals surface area contributed by atoms with E-state index < -0.39 is 0 Å². The topological polar surface area (TPSA) is 84.0 Å². The molecule has 2 bridgehead atoms. The Morgan fingerprint density at radius 1 is 0.946 bits per heavy atom. The van der Waals surface area contributed by atoms with Gasteiger partial charge in [-0.05, 0) is 60.0 Å². The van der Waals surface area contributed by atoms with E-state index in [4.69, 9.17) is 4.74 Å². The molecule has 2 fully saturated rings. The first-order chi connectivity index (χ1) is 18.2. The minimum absolute atomic E-state index is 0.592. The molecule has 37 heavy (non-hydrogen) atoms. The Morgan fingerprint density at radius 3 is 2.59 bits per heavy atom. The normalized spacial score (nSPS) is 19.7. The van der Waals surface area contributed by atoms with Crippen molar-refractivity contribution in [3.05, 3.63) is 83.4 Å². The number of nitriles is 1. The average molecular weight is 489 g/mol. The lowest BCUT2D eigenvalue weighted by Crippen LogP contribution is -2.45. The van der Waals surface area contributed by atoms with Crippen molar-refractivity contribution in [1.29, 1.82) is 5.26 Å². The van der Waals surface area contributed by atoms with E-state index in [2.05, 4.69) is 73.5 Å². The molecule has 2 aromatic heterocycles. The number of benzene rings is 3. The van der Waals surface area contributed by atoms with Crippen LogP contribution in [0.3, 0.4) is 0 Å². The number of fused-ring (bicyclic) bond motifs is 4. The molecular formula is C30H28N6O. The van der Waals surface area contributed by atoms with Gasteiger partial charge in [0.1, 0.15) is 11.4 Å². The number of methoxy groups -OCH3 is 1. The van der Waals surface area contributed by atoms with Crippen LogP contribution < -0.4 is 4.74 Å². The van der Waals surface area contributed by atoms with Gasteiger partial charge in [0.25, 0.3) is 0 Å². The number of aromatic nitrogens is 3. The molecule has 2 atom stereocenters. The van der Waals surface area contributed by atoms with Crippen molar-refractivity contribution in [3.8, 4) is 23.2 Å². The Bertz CT molecular complexity index is 1660. The van der Waals surface area contributed by atoms with Gasteiger partial charge in [-0.25, -0.2) is 0 Å². The van der Waals surface area contributed by atoms with Gasteiger partial charge in [0.2, 0.25) is 0 Å².